The normalized spacial score (nSPS) is 14.5. The van der Waals surface area contributed by atoms with Crippen LogP contribution >= 0.6 is 11.8 Å². The van der Waals surface area contributed by atoms with Gasteiger partial charge in [-0.25, -0.2) is 0 Å². The van der Waals surface area contributed by atoms with Crippen LogP contribution in [0.2, 0.25) is 0 Å². The second-order valence-electron chi connectivity index (χ2n) is 7.98. The summed E-state index contributed by atoms with van der Waals surface area (Å²) in [6, 6.07) is 15.7. The zero-order valence-corrected chi connectivity index (χ0v) is 19.6. The van der Waals surface area contributed by atoms with Crippen LogP contribution in [-0.4, -0.2) is 48.1 Å². The molecule has 0 saturated carbocycles. The molecule has 1 aliphatic rings. The van der Waals surface area contributed by atoms with Crippen LogP contribution in [0.3, 0.4) is 0 Å². The van der Waals surface area contributed by atoms with Crippen molar-refractivity contribution in [2.45, 2.75) is 51.1 Å². The van der Waals surface area contributed by atoms with Gasteiger partial charge in [-0.15, -0.1) is 11.8 Å². The number of amides is 2. The summed E-state index contributed by atoms with van der Waals surface area (Å²) in [5.74, 6) is 0.533. The Morgan fingerprint density at radius 1 is 1.13 bits per heavy atom. The summed E-state index contributed by atoms with van der Waals surface area (Å²) in [6.07, 6.45) is 2.04. The summed E-state index contributed by atoms with van der Waals surface area (Å²) in [4.78, 5) is 30.4. The molecule has 3 rings (SSSR count). The molecule has 1 N–H and O–H groups in total. The molecule has 2 aromatic carbocycles. The van der Waals surface area contributed by atoms with Crippen LogP contribution in [0.1, 0.15) is 49.5 Å². The number of hydrogen-bond donors (Lipinski definition) is 1. The van der Waals surface area contributed by atoms with Crippen molar-refractivity contribution < 1.29 is 9.59 Å². The van der Waals surface area contributed by atoms with Crippen LogP contribution in [0, 0.1) is 0 Å². The van der Waals surface area contributed by atoms with Gasteiger partial charge in [-0.3, -0.25) is 9.59 Å². The maximum absolute atomic E-state index is 12.6. The molecule has 1 atom stereocenters. The van der Waals surface area contributed by atoms with E-state index in [0.717, 1.165) is 48.6 Å². The molecule has 0 saturated heterocycles. The Balaban J connectivity index is 1.54. The van der Waals surface area contributed by atoms with Crippen molar-refractivity contribution >= 4 is 29.3 Å². The molecule has 0 aromatic heterocycles. The summed E-state index contributed by atoms with van der Waals surface area (Å²) >= 11 is 1.59. The van der Waals surface area contributed by atoms with Crippen LogP contribution in [-0.2, 0) is 11.3 Å². The molecule has 2 amide bonds. The van der Waals surface area contributed by atoms with Gasteiger partial charge in [-0.05, 0) is 69.2 Å². The fraction of sp³-hybridized carbons (Fsp3) is 0.440. The lowest BCUT2D eigenvalue weighted by Crippen LogP contribution is -2.35. The van der Waals surface area contributed by atoms with Crippen molar-refractivity contribution in [3.05, 3.63) is 59.7 Å². The lowest BCUT2D eigenvalue weighted by molar-refractivity contribution is -0.116. The number of para-hydroxylation sites is 1. The lowest BCUT2D eigenvalue weighted by atomic mass is 10.1. The SMILES string of the molecule is CCN(CC)CCCC(C)NC(=O)c1ccc(CN2C(=O)CSc3ccccc32)cc1. The molecule has 166 valence electrons. The van der Waals surface area contributed by atoms with E-state index >= 15 is 0 Å². The standard InChI is InChI=1S/C25H33N3O2S/c1-4-27(5-2)16-8-9-19(3)26-25(30)21-14-12-20(13-15-21)17-28-22-10-6-7-11-23(22)31-18-24(28)29/h6-7,10-15,19H,4-5,8-9,16-18H2,1-3H3,(H,26,30). The summed E-state index contributed by atoms with van der Waals surface area (Å²) in [7, 11) is 0. The maximum atomic E-state index is 12.6. The van der Waals surface area contributed by atoms with Crippen LogP contribution < -0.4 is 10.2 Å². The average Bonchev–Trinajstić information content (AvgIpc) is 2.79. The number of nitrogens with zero attached hydrogens (tertiary/aromatic N) is 2. The van der Waals surface area contributed by atoms with Gasteiger partial charge in [-0.1, -0.05) is 38.1 Å². The van der Waals surface area contributed by atoms with Crippen molar-refractivity contribution in [2.75, 3.05) is 30.3 Å². The van der Waals surface area contributed by atoms with Gasteiger partial charge in [0.05, 0.1) is 18.0 Å². The van der Waals surface area contributed by atoms with E-state index in [4.69, 9.17) is 0 Å². The number of nitrogens with one attached hydrogen (secondary N) is 1. The van der Waals surface area contributed by atoms with Gasteiger partial charge in [0.2, 0.25) is 5.91 Å². The molecular formula is C25H33N3O2S. The quantitative estimate of drug-likeness (QED) is 0.589. The van der Waals surface area contributed by atoms with Gasteiger partial charge in [0.1, 0.15) is 0 Å². The predicted octanol–water partition coefficient (Wildman–Crippen LogP) is 4.57. The highest BCUT2D eigenvalue weighted by Gasteiger charge is 2.24. The zero-order valence-electron chi connectivity index (χ0n) is 18.8. The second-order valence-corrected chi connectivity index (χ2v) is 8.99. The largest absolute Gasteiger partial charge is 0.350 e. The van der Waals surface area contributed by atoms with Crippen LogP contribution in [0.5, 0.6) is 0 Å². The Hall–Kier alpha value is -2.31. The molecule has 1 aliphatic heterocycles. The van der Waals surface area contributed by atoms with Crippen molar-refractivity contribution in [3.63, 3.8) is 0 Å². The van der Waals surface area contributed by atoms with Crippen molar-refractivity contribution in [2.24, 2.45) is 0 Å². The number of carbonyl (C=O) groups excluding carboxylic acids is 2. The fourth-order valence-electron chi connectivity index (χ4n) is 3.81. The van der Waals surface area contributed by atoms with Crippen molar-refractivity contribution in [3.8, 4) is 0 Å². The first-order valence-corrected chi connectivity index (χ1v) is 12.1. The summed E-state index contributed by atoms with van der Waals surface area (Å²) < 4.78 is 0. The first kappa shape index (κ1) is 23.4. The van der Waals surface area contributed by atoms with Crippen molar-refractivity contribution in [1.82, 2.24) is 10.2 Å². The Bertz CT molecular complexity index is 881. The second kappa shape index (κ2) is 11.3. The Kier molecular flexibility index (Phi) is 8.55. The molecule has 5 nitrogen and oxygen atoms in total. The van der Waals surface area contributed by atoms with Gasteiger partial charge in [0.25, 0.3) is 5.91 Å². The maximum Gasteiger partial charge on any atom is 0.251 e. The molecule has 0 bridgehead atoms. The smallest absolute Gasteiger partial charge is 0.251 e. The highest BCUT2D eigenvalue weighted by atomic mass is 32.2. The van der Waals surface area contributed by atoms with E-state index in [-0.39, 0.29) is 17.9 Å². The van der Waals surface area contributed by atoms with Gasteiger partial charge >= 0.3 is 0 Å². The molecule has 0 aliphatic carbocycles. The molecule has 0 spiro atoms. The first-order chi connectivity index (χ1) is 15.0. The molecular weight excluding hydrogens is 406 g/mol. The zero-order chi connectivity index (χ0) is 22.2. The Morgan fingerprint density at radius 3 is 2.55 bits per heavy atom. The fourth-order valence-corrected chi connectivity index (χ4v) is 4.75. The molecule has 0 fully saturated rings. The monoisotopic (exact) mass is 439 g/mol. The van der Waals surface area contributed by atoms with Crippen molar-refractivity contribution in [1.29, 1.82) is 0 Å². The molecule has 2 aromatic rings. The minimum Gasteiger partial charge on any atom is -0.350 e. The highest BCUT2D eigenvalue weighted by molar-refractivity contribution is 8.00. The number of benzene rings is 2. The van der Waals surface area contributed by atoms with E-state index in [1.54, 1.807) is 11.8 Å². The van der Waals surface area contributed by atoms with E-state index in [1.807, 2.05) is 47.4 Å². The minimum absolute atomic E-state index is 0.0438. The van der Waals surface area contributed by atoms with E-state index in [0.29, 0.717) is 17.9 Å². The molecule has 1 unspecified atom stereocenters. The van der Waals surface area contributed by atoms with Crippen LogP contribution in [0.25, 0.3) is 0 Å². The highest BCUT2D eigenvalue weighted by Crippen LogP contribution is 2.35. The number of rotatable bonds is 10. The Morgan fingerprint density at radius 2 is 1.84 bits per heavy atom. The van der Waals surface area contributed by atoms with E-state index in [2.05, 4.69) is 37.1 Å². The number of fused-ring (bicyclic) bond motifs is 1. The molecule has 31 heavy (non-hydrogen) atoms. The molecule has 0 radical (unpaired) electrons. The predicted molar refractivity (Wildman–Crippen MR) is 129 cm³/mol. The third kappa shape index (κ3) is 6.34. The molecule has 6 heteroatoms. The third-order valence-corrected chi connectivity index (χ3v) is 6.80. The van der Waals surface area contributed by atoms with Crippen LogP contribution in [0.15, 0.2) is 53.4 Å². The number of thioether (sulfide) groups is 1. The number of anilines is 1. The molecule has 1 heterocycles. The summed E-state index contributed by atoms with van der Waals surface area (Å²) in [5.41, 5.74) is 2.63. The summed E-state index contributed by atoms with van der Waals surface area (Å²) in [5, 5.41) is 3.10. The topological polar surface area (TPSA) is 52.7 Å². The minimum atomic E-state index is -0.0438. The lowest BCUT2D eigenvalue weighted by Gasteiger charge is -2.29. The van der Waals surface area contributed by atoms with Gasteiger partial charge in [0, 0.05) is 16.5 Å². The first-order valence-electron chi connectivity index (χ1n) is 11.2. The van der Waals surface area contributed by atoms with E-state index in [9.17, 15) is 9.59 Å². The third-order valence-electron chi connectivity index (χ3n) is 5.75. The van der Waals surface area contributed by atoms with Crippen LogP contribution in [0.4, 0.5) is 5.69 Å². The average molecular weight is 440 g/mol. The van der Waals surface area contributed by atoms with Gasteiger partial charge < -0.3 is 15.1 Å². The van der Waals surface area contributed by atoms with Gasteiger partial charge in [-0.2, -0.15) is 0 Å². The number of hydrogen-bond acceptors (Lipinski definition) is 4. The van der Waals surface area contributed by atoms with E-state index < -0.39 is 0 Å². The Labute approximate surface area is 190 Å². The van der Waals surface area contributed by atoms with E-state index in [1.165, 1.54) is 0 Å². The number of carbonyl (C=O) groups is 2. The summed E-state index contributed by atoms with van der Waals surface area (Å²) in [6.45, 7) is 10.1. The van der Waals surface area contributed by atoms with Gasteiger partial charge in [0.15, 0.2) is 0 Å².